The van der Waals surface area contributed by atoms with E-state index in [1.165, 1.54) is 6.08 Å². The van der Waals surface area contributed by atoms with E-state index < -0.39 is 8.07 Å². The lowest BCUT2D eigenvalue weighted by atomic mass is 10.5. The second kappa shape index (κ2) is 3.10. The molecule has 0 saturated carbocycles. The van der Waals surface area contributed by atoms with E-state index >= 15 is 0 Å². The van der Waals surface area contributed by atoms with Crippen LogP contribution in [0, 0.1) is 0 Å². The van der Waals surface area contributed by atoms with E-state index in [9.17, 15) is 9.59 Å². The Morgan fingerprint density at radius 3 is 2.15 bits per heavy atom. The van der Waals surface area contributed by atoms with Gasteiger partial charge in [0, 0.05) is 11.3 Å². The average molecular weight is 197 g/mol. The molecule has 0 spiro atoms. The average Bonchev–Trinajstić information content (AvgIpc) is 2.30. The summed E-state index contributed by atoms with van der Waals surface area (Å²) in [5, 5.41) is 3.02. The van der Waals surface area contributed by atoms with Crippen LogP contribution < -0.4 is 5.32 Å². The Bertz CT molecular complexity index is 292. The summed E-state index contributed by atoms with van der Waals surface area (Å²) in [6.07, 6.45) is 1.47. The van der Waals surface area contributed by atoms with Crippen molar-refractivity contribution in [2.45, 2.75) is 32.5 Å². The smallest absolute Gasteiger partial charge is 0.250 e. The van der Waals surface area contributed by atoms with Crippen molar-refractivity contribution in [2.75, 3.05) is 0 Å². The molecule has 1 aliphatic rings. The highest BCUT2D eigenvalue weighted by atomic mass is 28.3. The van der Waals surface area contributed by atoms with E-state index in [0.717, 1.165) is 5.20 Å². The predicted octanol–water partition coefficient (Wildman–Crippen LogP) is 1.23. The van der Waals surface area contributed by atoms with Crippen molar-refractivity contribution in [3.63, 3.8) is 0 Å². The molecule has 72 valence electrons. The third kappa shape index (κ3) is 1.72. The summed E-state index contributed by atoms with van der Waals surface area (Å²) in [7, 11) is -1.72. The molecule has 0 unspecified atom stereocenters. The van der Waals surface area contributed by atoms with Crippen LogP contribution in [0.25, 0.3) is 0 Å². The molecule has 0 aliphatic carbocycles. The van der Waals surface area contributed by atoms with E-state index in [0.29, 0.717) is 5.54 Å². The largest absolute Gasteiger partial charge is 0.289 e. The molecule has 1 rings (SSSR count). The molecule has 0 aromatic heterocycles. The Hall–Kier alpha value is -0.903. The number of amides is 2. The molecule has 0 aromatic carbocycles. The number of nitrogens with one attached hydrogen (secondary N) is 1. The molecule has 13 heavy (non-hydrogen) atoms. The summed E-state index contributed by atoms with van der Waals surface area (Å²) in [4.78, 5) is 22.3. The standard InChI is InChI=1S/C9H15NO2Si/c1-6(2)13(3,4)7-5-8(11)10-9(7)12/h5-6H,1-4H3,(H,10,11,12). The molecular formula is C9H15NO2Si. The Balaban J connectivity index is 3.01. The number of rotatable bonds is 2. The molecule has 4 heteroatoms. The fourth-order valence-corrected chi connectivity index (χ4v) is 2.97. The van der Waals surface area contributed by atoms with Gasteiger partial charge in [0.2, 0.25) is 5.91 Å². The maximum atomic E-state index is 11.4. The first-order chi connectivity index (χ1) is 5.85. The fraction of sp³-hybridized carbons (Fsp3) is 0.556. The third-order valence-corrected chi connectivity index (χ3v) is 7.54. The van der Waals surface area contributed by atoms with Crippen LogP contribution in [0.4, 0.5) is 0 Å². The summed E-state index contributed by atoms with van der Waals surface area (Å²) in [6.45, 7) is 8.43. The topological polar surface area (TPSA) is 46.2 Å². The van der Waals surface area contributed by atoms with Gasteiger partial charge in [-0.05, 0) is 5.54 Å². The maximum absolute atomic E-state index is 11.4. The molecule has 0 fully saturated rings. The lowest BCUT2D eigenvalue weighted by Crippen LogP contribution is -2.38. The SMILES string of the molecule is CC(C)[Si](C)(C)C1=CC(=O)NC1=O. The summed E-state index contributed by atoms with van der Waals surface area (Å²) in [5.74, 6) is -0.448. The second-order valence-corrected chi connectivity index (χ2v) is 9.39. The minimum absolute atomic E-state index is 0.185. The fourth-order valence-electron chi connectivity index (χ4n) is 1.20. The van der Waals surface area contributed by atoms with Crippen molar-refractivity contribution in [3.05, 3.63) is 11.3 Å². The number of hydrogen-bond donors (Lipinski definition) is 1. The van der Waals surface area contributed by atoms with Crippen LogP contribution in [0.5, 0.6) is 0 Å². The van der Waals surface area contributed by atoms with Crippen molar-refractivity contribution in [2.24, 2.45) is 0 Å². The van der Waals surface area contributed by atoms with Gasteiger partial charge in [0.05, 0.1) is 8.07 Å². The number of carbonyl (C=O) groups is 2. The Labute approximate surface area is 79.2 Å². The van der Waals surface area contributed by atoms with E-state index in [2.05, 4.69) is 32.3 Å². The zero-order valence-corrected chi connectivity index (χ0v) is 9.47. The first-order valence-corrected chi connectivity index (χ1v) is 7.51. The van der Waals surface area contributed by atoms with Crippen molar-refractivity contribution in [3.8, 4) is 0 Å². The van der Waals surface area contributed by atoms with Crippen LogP contribution in [0.2, 0.25) is 18.6 Å². The number of imide groups is 1. The van der Waals surface area contributed by atoms with E-state index in [1.807, 2.05) is 0 Å². The van der Waals surface area contributed by atoms with Crippen LogP contribution in [0.1, 0.15) is 13.8 Å². The summed E-state index contributed by atoms with van der Waals surface area (Å²) in [5.41, 5.74) is 0.468. The molecule has 0 atom stereocenters. The molecule has 1 aliphatic heterocycles. The van der Waals surface area contributed by atoms with Gasteiger partial charge in [0.1, 0.15) is 0 Å². The normalized spacial score (nSPS) is 17.8. The maximum Gasteiger partial charge on any atom is 0.250 e. The molecule has 0 bridgehead atoms. The third-order valence-electron chi connectivity index (χ3n) is 2.89. The predicted molar refractivity (Wildman–Crippen MR) is 53.8 cm³/mol. The number of hydrogen-bond acceptors (Lipinski definition) is 2. The molecule has 0 saturated heterocycles. The van der Waals surface area contributed by atoms with Crippen LogP contribution in [0.15, 0.2) is 11.3 Å². The monoisotopic (exact) mass is 197 g/mol. The molecule has 0 radical (unpaired) electrons. The quantitative estimate of drug-likeness (QED) is 0.534. The van der Waals surface area contributed by atoms with Crippen molar-refractivity contribution < 1.29 is 9.59 Å². The molecule has 2 amide bonds. The lowest BCUT2D eigenvalue weighted by molar-refractivity contribution is -0.123. The van der Waals surface area contributed by atoms with Gasteiger partial charge >= 0.3 is 0 Å². The number of carbonyl (C=O) groups excluding carboxylic acids is 2. The zero-order valence-electron chi connectivity index (χ0n) is 8.47. The molecule has 3 nitrogen and oxygen atoms in total. The van der Waals surface area contributed by atoms with Crippen molar-refractivity contribution >= 4 is 19.9 Å². The second-order valence-electron chi connectivity index (χ2n) is 4.25. The minimum Gasteiger partial charge on any atom is -0.289 e. The van der Waals surface area contributed by atoms with Gasteiger partial charge in [0.25, 0.3) is 5.91 Å². The van der Waals surface area contributed by atoms with E-state index in [-0.39, 0.29) is 11.8 Å². The molecular weight excluding hydrogens is 182 g/mol. The van der Waals surface area contributed by atoms with Crippen LogP contribution in [0.3, 0.4) is 0 Å². The highest BCUT2D eigenvalue weighted by molar-refractivity contribution is 6.90. The van der Waals surface area contributed by atoms with Gasteiger partial charge in [-0.1, -0.05) is 26.9 Å². The van der Waals surface area contributed by atoms with Crippen molar-refractivity contribution in [1.82, 2.24) is 5.32 Å². The zero-order chi connectivity index (χ0) is 10.2. The van der Waals surface area contributed by atoms with Gasteiger partial charge < -0.3 is 0 Å². The molecule has 1 heterocycles. The lowest BCUT2D eigenvalue weighted by Gasteiger charge is -2.26. The highest BCUT2D eigenvalue weighted by Crippen LogP contribution is 2.29. The van der Waals surface area contributed by atoms with E-state index in [1.54, 1.807) is 0 Å². The van der Waals surface area contributed by atoms with Gasteiger partial charge in [-0.15, -0.1) is 0 Å². The van der Waals surface area contributed by atoms with Crippen molar-refractivity contribution in [1.29, 1.82) is 0 Å². The molecule has 1 N–H and O–H groups in total. The van der Waals surface area contributed by atoms with Crippen LogP contribution in [-0.2, 0) is 9.59 Å². The Morgan fingerprint density at radius 1 is 1.31 bits per heavy atom. The van der Waals surface area contributed by atoms with Crippen LogP contribution in [-0.4, -0.2) is 19.9 Å². The van der Waals surface area contributed by atoms with Gasteiger partial charge in [-0.2, -0.15) is 0 Å². The van der Waals surface area contributed by atoms with Crippen LogP contribution >= 0.6 is 0 Å². The highest BCUT2D eigenvalue weighted by Gasteiger charge is 2.37. The minimum atomic E-state index is -1.72. The van der Waals surface area contributed by atoms with Gasteiger partial charge in [-0.25, -0.2) is 0 Å². The van der Waals surface area contributed by atoms with Gasteiger partial charge in [0.15, 0.2) is 0 Å². The summed E-state index contributed by atoms with van der Waals surface area (Å²) < 4.78 is 0. The molecule has 0 aromatic rings. The Kier molecular flexibility index (Phi) is 2.43. The first-order valence-electron chi connectivity index (χ1n) is 4.43. The first kappa shape index (κ1) is 10.2. The van der Waals surface area contributed by atoms with Gasteiger partial charge in [-0.3, -0.25) is 14.9 Å². The Morgan fingerprint density at radius 2 is 1.85 bits per heavy atom. The summed E-state index contributed by atoms with van der Waals surface area (Å²) >= 11 is 0. The van der Waals surface area contributed by atoms with E-state index in [4.69, 9.17) is 0 Å². The summed E-state index contributed by atoms with van der Waals surface area (Å²) in [6, 6.07) is 0.